The first-order chi connectivity index (χ1) is 7.19. The second-order valence-corrected chi connectivity index (χ2v) is 7.36. The molecule has 0 saturated carbocycles. The van der Waals surface area contributed by atoms with Crippen LogP contribution in [0.4, 0.5) is 0 Å². The molecule has 16 heavy (non-hydrogen) atoms. The van der Waals surface area contributed by atoms with Gasteiger partial charge in [0.25, 0.3) is 0 Å². The fourth-order valence-corrected chi connectivity index (χ4v) is 2.30. The zero-order chi connectivity index (χ0) is 12.8. The van der Waals surface area contributed by atoms with Crippen molar-refractivity contribution in [3.63, 3.8) is 0 Å². The Hall–Kier alpha value is -0.130. The fourth-order valence-electron chi connectivity index (χ4n) is 1.07. The van der Waals surface area contributed by atoms with Gasteiger partial charge < -0.3 is 5.73 Å². The maximum atomic E-state index is 11.6. The molecule has 0 aromatic rings. The minimum Gasteiger partial charge on any atom is -0.330 e. The summed E-state index contributed by atoms with van der Waals surface area (Å²) in [5.74, 6) is 0.498. The van der Waals surface area contributed by atoms with Gasteiger partial charge in [-0.05, 0) is 30.7 Å². The molecule has 4 nitrogen and oxygen atoms in total. The van der Waals surface area contributed by atoms with Gasteiger partial charge in [-0.2, -0.15) is 0 Å². The van der Waals surface area contributed by atoms with E-state index in [4.69, 9.17) is 5.73 Å². The predicted octanol–water partition coefficient (Wildman–Crippen LogP) is 1.33. The Morgan fingerprint density at radius 1 is 1.25 bits per heavy atom. The summed E-state index contributed by atoms with van der Waals surface area (Å²) in [6, 6.07) is 0. The van der Waals surface area contributed by atoms with Gasteiger partial charge in [0.1, 0.15) is 0 Å². The summed E-state index contributed by atoms with van der Waals surface area (Å²) >= 11 is 0. The summed E-state index contributed by atoms with van der Waals surface area (Å²) in [6.45, 7) is 9.45. The van der Waals surface area contributed by atoms with Crippen molar-refractivity contribution in [3.8, 4) is 0 Å². The van der Waals surface area contributed by atoms with Crippen molar-refractivity contribution in [2.24, 2.45) is 17.1 Å². The van der Waals surface area contributed by atoms with Crippen LogP contribution >= 0.6 is 0 Å². The molecule has 0 aliphatic heterocycles. The highest BCUT2D eigenvalue weighted by molar-refractivity contribution is 7.89. The first-order valence-electron chi connectivity index (χ1n) is 5.86. The Kier molecular flexibility index (Phi) is 6.51. The van der Waals surface area contributed by atoms with E-state index in [0.717, 1.165) is 6.42 Å². The molecule has 0 aromatic heterocycles. The van der Waals surface area contributed by atoms with Gasteiger partial charge in [0.2, 0.25) is 10.0 Å². The molecule has 0 saturated heterocycles. The Morgan fingerprint density at radius 3 is 2.25 bits per heavy atom. The van der Waals surface area contributed by atoms with Crippen molar-refractivity contribution in [2.45, 2.75) is 40.5 Å². The summed E-state index contributed by atoms with van der Waals surface area (Å²) in [7, 11) is -3.11. The first kappa shape index (κ1) is 15.9. The lowest BCUT2D eigenvalue weighted by Gasteiger charge is -2.27. The molecule has 3 N–H and O–H groups in total. The van der Waals surface area contributed by atoms with E-state index in [0.29, 0.717) is 25.4 Å². The SMILES string of the molecule is CC(CNS(=O)(=O)CCCCN)C(C)(C)C. The minimum atomic E-state index is -3.11. The van der Waals surface area contributed by atoms with Crippen molar-refractivity contribution in [2.75, 3.05) is 18.8 Å². The van der Waals surface area contributed by atoms with E-state index in [1.54, 1.807) is 0 Å². The van der Waals surface area contributed by atoms with Crippen LogP contribution in [-0.2, 0) is 10.0 Å². The molecule has 1 unspecified atom stereocenters. The average Bonchev–Trinajstić information content (AvgIpc) is 2.13. The highest BCUT2D eigenvalue weighted by atomic mass is 32.2. The molecule has 98 valence electrons. The van der Waals surface area contributed by atoms with Crippen LogP contribution in [0.2, 0.25) is 0 Å². The summed E-state index contributed by atoms with van der Waals surface area (Å²) in [5.41, 5.74) is 5.45. The normalized spacial score (nSPS) is 15.1. The third kappa shape index (κ3) is 7.19. The van der Waals surface area contributed by atoms with Crippen LogP contribution in [0.3, 0.4) is 0 Å². The number of rotatable bonds is 7. The molecule has 0 spiro atoms. The molecule has 0 aliphatic rings. The average molecular weight is 250 g/mol. The van der Waals surface area contributed by atoms with Crippen LogP contribution < -0.4 is 10.5 Å². The van der Waals surface area contributed by atoms with Gasteiger partial charge in [0.15, 0.2) is 0 Å². The van der Waals surface area contributed by atoms with E-state index >= 15 is 0 Å². The quantitative estimate of drug-likeness (QED) is 0.670. The fraction of sp³-hybridized carbons (Fsp3) is 1.00. The second kappa shape index (κ2) is 6.57. The van der Waals surface area contributed by atoms with Gasteiger partial charge in [0.05, 0.1) is 5.75 Å². The molecular weight excluding hydrogens is 224 g/mol. The van der Waals surface area contributed by atoms with Crippen LogP contribution in [-0.4, -0.2) is 27.3 Å². The Labute approximate surface area is 100 Å². The van der Waals surface area contributed by atoms with Crippen molar-refractivity contribution in [1.29, 1.82) is 0 Å². The number of hydrogen-bond donors (Lipinski definition) is 2. The topological polar surface area (TPSA) is 72.2 Å². The lowest BCUT2D eigenvalue weighted by Crippen LogP contribution is -2.35. The smallest absolute Gasteiger partial charge is 0.211 e. The maximum absolute atomic E-state index is 11.6. The third-order valence-corrected chi connectivity index (χ3v) is 4.39. The van der Waals surface area contributed by atoms with E-state index < -0.39 is 10.0 Å². The van der Waals surface area contributed by atoms with Crippen LogP contribution in [0.5, 0.6) is 0 Å². The van der Waals surface area contributed by atoms with Crippen LogP contribution in [0.15, 0.2) is 0 Å². The van der Waals surface area contributed by atoms with E-state index in [-0.39, 0.29) is 11.2 Å². The van der Waals surface area contributed by atoms with Crippen molar-refractivity contribution in [1.82, 2.24) is 4.72 Å². The highest BCUT2D eigenvalue weighted by Gasteiger charge is 2.21. The molecule has 0 heterocycles. The van der Waals surface area contributed by atoms with E-state index in [2.05, 4.69) is 32.4 Å². The number of unbranched alkanes of at least 4 members (excludes halogenated alkanes) is 1. The van der Waals surface area contributed by atoms with Crippen molar-refractivity contribution in [3.05, 3.63) is 0 Å². The highest BCUT2D eigenvalue weighted by Crippen LogP contribution is 2.24. The molecule has 0 bridgehead atoms. The molecular formula is C11H26N2O2S. The molecule has 0 rings (SSSR count). The lowest BCUT2D eigenvalue weighted by molar-refractivity contribution is 0.263. The number of nitrogens with two attached hydrogens (primary N) is 1. The number of hydrogen-bond acceptors (Lipinski definition) is 3. The number of sulfonamides is 1. The third-order valence-electron chi connectivity index (χ3n) is 2.96. The van der Waals surface area contributed by atoms with Crippen LogP contribution in [0.25, 0.3) is 0 Å². The Bertz CT molecular complexity index is 281. The second-order valence-electron chi connectivity index (χ2n) is 5.43. The van der Waals surface area contributed by atoms with Crippen LogP contribution in [0, 0.1) is 11.3 Å². The van der Waals surface area contributed by atoms with Gasteiger partial charge in [-0.3, -0.25) is 0 Å². The molecule has 0 amide bonds. The molecule has 0 aliphatic carbocycles. The van der Waals surface area contributed by atoms with Crippen molar-refractivity contribution >= 4 is 10.0 Å². The minimum absolute atomic E-state index is 0.125. The van der Waals surface area contributed by atoms with Crippen molar-refractivity contribution < 1.29 is 8.42 Å². The van der Waals surface area contributed by atoms with Crippen LogP contribution in [0.1, 0.15) is 40.5 Å². The molecule has 0 fully saturated rings. The van der Waals surface area contributed by atoms with Gasteiger partial charge >= 0.3 is 0 Å². The van der Waals surface area contributed by atoms with Gasteiger partial charge in [-0.15, -0.1) is 0 Å². The zero-order valence-corrected chi connectivity index (χ0v) is 11.7. The monoisotopic (exact) mass is 250 g/mol. The summed E-state index contributed by atoms with van der Waals surface area (Å²) in [5, 5.41) is 0. The molecule has 0 aromatic carbocycles. The predicted molar refractivity (Wildman–Crippen MR) is 68.7 cm³/mol. The van der Waals surface area contributed by atoms with Gasteiger partial charge in [-0.25, -0.2) is 13.1 Å². The lowest BCUT2D eigenvalue weighted by atomic mass is 9.82. The maximum Gasteiger partial charge on any atom is 0.211 e. The molecule has 0 radical (unpaired) electrons. The summed E-state index contributed by atoms with van der Waals surface area (Å²) < 4.78 is 25.8. The standard InChI is InChI=1S/C11H26N2O2S/c1-10(11(2,3)4)9-13-16(14,15)8-6-5-7-12/h10,13H,5-9,12H2,1-4H3. The first-order valence-corrected chi connectivity index (χ1v) is 7.51. The molecule has 1 atom stereocenters. The molecule has 5 heteroatoms. The van der Waals surface area contributed by atoms with E-state index in [9.17, 15) is 8.42 Å². The largest absolute Gasteiger partial charge is 0.330 e. The van der Waals surface area contributed by atoms with E-state index in [1.807, 2.05) is 0 Å². The summed E-state index contributed by atoms with van der Waals surface area (Å²) in [4.78, 5) is 0. The zero-order valence-electron chi connectivity index (χ0n) is 10.9. The van der Waals surface area contributed by atoms with Gasteiger partial charge in [0, 0.05) is 6.54 Å². The van der Waals surface area contributed by atoms with Gasteiger partial charge in [-0.1, -0.05) is 27.7 Å². The summed E-state index contributed by atoms with van der Waals surface area (Å²) in [6.07, 6.45) is 1.39. The number of nitrogens with one attached hydrogen (secondary N) is 1. The van der Waals surface area contributed by atoms with E-state index in [1.165, 1.54) is 0 Å². The Morgan fingerprint density at radius 2 is 1.81 bits per heavy atom. The Balaban J connectivity index is 4.00.